The molecule has 92 valence electrons. The zero-order valence-electron chi connectivity index (χ0n) is 10.6. The molecular formula is C15H16N2S. The number of nitrogens with zero attached hydrogens (tertiary/aromatic N) is 1. The fourth-order valence-electron chi connectivity index (χ4n) is 2.36. The topological polar surface area (TPSA) is 29.3 Å². The number of para-hydroxylation sites is 1. The van der Waals surface area contributed by atoms with Crippen LogP contribution in [-0.2, 0) is 0 Å². The van der Waals surface area contributed by atoms with Crippen molar-refractivity contribution in [1.82, 2.24) is 0 Å². The number of hydrogen-bond donors (Lipinski definition) is 1. The first-order chi connectivity index (χ1) is 8.66. The lowest BCUT2D eigenvalue weighted by Crippen LogP contribution is -2.28. The highest BCUT2D eigenvalue weighted by molar-refractivity contribution is 7.99. The molecule has 0 saturated heterocycles. The van der Waals surface area contributed by atoms with Crippen molar-refractivity contribution >= 4 is 28.8 Å². The van der Waals surface area contributed by atoms with E-state index in [4.69, 9.17) is 5.73 Å². The third-order valence-electron chi connectivity index (χ3n) is 3.10. The molecule has 0 unspecified atom stereocenters. The summed E-state index contributed by atoms with van der Waals surface area (Å²) in [5.74, 6) is 0. The predicted molar refractivity (Wildman–Crippen MR) is 78.7 cm³/mol. The van der Waals surface area contributed by atoms with E-state index in [2.05, 4.69) is 55.1 Å². The molecule has 2 N–H and O–H groups in total. The van der Waals surface area contributed by atoms with Crippen LogP contribution in [0.5, 0.6) is 0 Å². The largest absolute Gasteiger partial charge is 0.399 e. The zero-order chi connectivity index (χ0) is 12.7. The monoisotopic (exact) mass is 256 g/mol. The highest BCUT2D eigenvalue weighted by Gasteiger charge is 2.24. The molecule has 0 radical (unpaired) electrons. The van der Waals surface area contributed by atoms with Gasteiger partial charge in [-0.15, -0.1) is 0 Å². The van der Waals surface area contributed by atoms with Crippen molar-refractivity contribution < 1.29 is 0 Å². The summed E-state index contributed by atoms with van der Waals surface area (Å²) in [5, 5.41) is 0. The molecule has 1 aliphatic heterocycles. The smallest absolute Gasteiger partial charge is 0.0575 e. The Labute approximate surface area is 112 Å². The van der Waals surface area contributed by atoms with Crippen LogP contribution >= 0.6 is 11.8 Å². The highest BCUT2D eigenvalue weighted by Crippen LogP contribution is 2.49. The van der Waals surface area contributed by atoms with Crippen LogP contribution in [0.2, 0.25) is 0 Å². The minimum atomic E-state index is 0.410. The second-order valence-electron chi connectivity index (χ2n) is 4.76. The fourth-order valence-corrected chi connectivity index (χ4v) is 3.41. The lowest BCUT2D eigenvalue weighted by molar-refractivity contribution is 0.773. The summed E-state index contributed by atoms with van der Waals surface area (Å²) in [6.07, 6.45) is 0. The van der Waals surface area contributed by atoms with Gasteiger partial charge in [-0.1, -0.05) is 23.9 Å². The Kier molecular flexibility index (Phi) is 2.71. The van der Waals surface area contributed by atoms with Gasteiger partial charge in [0, 0.05) is 21.5 Å². The Morgan fingerprint density at radius 2 is 1.72 bits per heavy atom. The number of nitrogen functional groups attached to an aromatic ring is 1. The van der Waals surface area contributed by atoms with E-state index >= 15 is 0 Å². The Morgan fingerprint density at radius 1 is 1.00 bits per heavy atom. The normalized spacial score (nSPS) is 13.4. The number of benzene rings is 2. The quantitative estimate of drug-likeness (QED) is 0.772. The van der Waals surface area contributed by atoms with E-state index in [1.165, 1.54) is 21.2 Å². The maximum Gasteiger partial charge on any atom is 0.0575 e. The molecule has 2 aromatic rings. The predicted octanol–water partition coefficient (Wildman–Crippen LogP) is 4.28. The average Bonchev–Trinajstić information content (AvgIpc) is 2.35. The SMILES string of the molecule is CC(C)N1c2ccccc2Sc2ccc(N)cc21. The number of anilines is 3. The molecule has 0 saturated carbocycles. The molecule has 0 fully saturated rings. The van der Waals surface area contributed by atoms with Crippen LogP contribution in [0.3, 0.4) is 0 Å². The standard InChI is InChI=1S/C15H16N2S/c1-10(2)17-12-5-3-4-6-14(12)18-15-8-7-11(16)9-13(15)17/h3-10H,16H2,1-2H3. The van der Waals surface area contributed by atoms with Gasteiger partial charge in [0.05, 0.1) is 11.4 Å². The molecule has 2 nitrogen and oxygen atoms in total. The molecule has 0 bridgehead atoms. The minimum absolute atomic E-state index is 0.410. The summed E-state index contributed by atoms with van der Waals surface area (Å²) in [6, 6.07) is 15.1. The third-order valence-corrected chi connectivity index (χ3v) is 4.23. The molecule has 3 heteroatoms. The van der Waals surface area contributed by atoms with Crippen LogP contribution in [0.1, 0.15) is 13.8 Å². The summed E-state index contributed by atoms with van der Waals surface area (Å²) in [4.78, 5) is 4.94. The molecule has 0 spiro atoms. The van der Waals surface area contributed by atoms with Crippen LogP contribution in [0.15, 0.2) is 52.3 Å². The van der Waals surface area contributed by atoms with Gasteiger partial charge in [0.1, 0.15) is 0 Å². The van der Waals surface area contributed by atoms with E-state index in [0.29, 0.717) is 6.04 Å². The van der Waals surface area contributed by atoms with E-state index in [1.807, 2.05) is 17.8 Å². The van der Waals surface area contributed by atoms with Crippen LogP contribution < -0.4 is 10.6 Å². The maximum absolute atomic E-state index is 5.93. The van der Waals surface area contributed by atoms with E-state index in [-0.39, 0.29) is 0 Å². The molecule has 1 aliphatic rings. The second-order valence-corrected chi connectivity index (χ2v) is 5.84. The van der Waals surface area contributed by atoms with Crippen LogP contribution in [0, 0.1) is 0 Å². The van der Waals surface area contributed by atoms with Gasteiger partial charge in [-0.2, -0.15) is 0 Å². The number of nitrogens with two attached hydrogens (primary N) is 1. The summed E-state index contributed by atoms with van der Waals surface area (Å²) in [7, 11) is 0. The van der Waals surface area contributed by atoms with Gasteiger partial charge >= 0.3 is 0 Å². The van der Waals surface area contributed by atoms with Gasteiger partial charge < -0.3 is 10.6 Å². The third kappa shape index (κ3) is 1.75. The van der Waals surface area contributed by atoms with Gasteiger partial charge in [0.25, 0.3) is 0 Å². The van der Waals surface area contributed by atoms with Crippen molar-refractivity contribution in [3.05, 3.63) is 42.5 Å². The van der Waals surface area contributed by atoms with E-state index in [9.17, 15) is 0 Å². The summed E-state index contributed by atoms with van der Waals surface area (Å²) in [6.45, 7) is 4.42. The Bertz CT molecular complexity index is 593. The average molecular weight is 256 g/mol. The molecule has 1 heterocycles. The van der Waals surface area contributed by atoms with Crippen molar-refractivity contribution in [3.63, 3.8) is 0 Å². The fraction of sp³-hybridized carbons (Fsp3) is 0.200. The van der Waals surface area contributed by atoms with Crippen LogP contribution in [0.4, 0.5) is 17.1 Å². The zero-order valence-corrected chi connectivity index (χ0v) is 11.4. The van der Waals surface area contributed by atoms with Crippen LogP contribution in [-0.4, -0.2) is 6.04 Å². The number of rotatable bonds is 1. The minimum Gasteiger partial charge on any atom is -0.399 e. The molecule has 18 heavy (non-hydrogen) atoms. The number of fused-ring (bicyclic) bond motifs is 2. The van der Waals surface area contributed by atoms with Gasteiger partial charge in [-0.3, -0.25) is 0 Å². The van der Waals surface area contributed by atoms with Crippen molar-refractivity contribution in [2.24, 2.45) is 0 Å². The van der Waals surface area contributed by atoms with Gasteiger partial charge in [-0.05, 0) is 44.2 Å². The molecule has 0 aliphatic carbocycles. The summed E-state index contributed by atoms with van der Waals surface area (Å²) in [5.41, 5.74) is 9.24. The van der Waals surface area contributed by atoms with Gasteiger partial charge in [-0.25, -0.2) is 0 Å². The van der Waals surface area contributed by atoms with E-state index in [1.54, 1.807) is 0 Å². The molecule has 3 rings (SSSR count). The van der Waals surface area contributed by atoms with Crippen molar-refractivity contribution in [2.45, 2.75) is 29.7 Å². The number of hydrogen-bond acceptors (Lipinski definition) is 3. The second kappa shape index (κ2) is 4.25. The summed E-state index contributed by atoms with van der Waals surface area (Å²) >= 11 is 1.82. The first-order valence-electron chi connectivity index (χ1n) is 6.12. The molecule has 0 amide bonds. The Balaban J connectivity index is 2.21. The highest BCUT2D eigenvalue weighted by atomic mass is 32.2. The molecule has 2 aromatic carbocycles. The van der Waals surface area contributed by atoms with E-state index in [0.717, 1.165) is 5.69 Å². The van der Waals surface area contributed by atoms with Gasteiger partial charge in [0.2, 0.25) is 0 Å². The van der Waals surface area contributed by atoms with Gasteiger partial charge in [0.15, 0.2) is 0 Å². The van der Waals surface area contributed by atoms with Crippen LogP contribution in [0.25, 0.3) is 0 Å². The first-order valence-corrected chi connectivity index (χ1v) is 6.94. The van der Waals surface area contributed by atoms with Crippen molar-refractivity contribution in [1.29, 1.82) is 0 Å². The van der Waals surface area contributed by atoms with Crippen molar-refractivity contribution in [3.8, 4) is 0 Å². The first kappa shape index (κ1) is 11.5. The maximum atomic E-state index is 5.93. The van der Waals surface area contributed by atoms with Crippen molar-refractivity contribution in [2.75, 3.05) is 10.6 Å². The Morgan fingerprint density at radius 3 is 2.50 bits per heavy atom. The molecule has 0 atom stereocenters. The molecule has 0 aromatic heterocycles. The molecular weight excluding hydrogens is 240 g/mol. The summed E-state index contributed by atoms with van der Waals surface area (Å²) < 4.78 is 0. The Hall–Kier alpha value is -1.61. The van der Waals surface area contributed by atoms with E-state index < -0.39 is 0 Å². The lowest BCUT2D eigenvalue weighted by Gasteiger charge is -2.35. The lowest BCUT2D eigenvalue weighted by atomic mass is 10.1.